The Morgan fingerprint density at radius 3 is 2.70 bits per heavy atom. The first-order valence-corrected chi connectivity index (χ1v) is 10.0. The number of benzene rings is 2. The Morgan fingerprint density at radius 2 is 2.00 bits per heavy atom. The van der Waals surface area contributed by atoms with Crippen LogP contribution in [0.15, 0.2) is 51.8 Å². The summed E-state index contributed by atoms with van der Waals surface area (Å²) in [5.41, 5.74) is 1.15. The molecule has 0 atom stereocenters. The highest BCUT2D eigenvalue weighted by atomic mass is 79.9. The van der Waals surface area contributed by atoms with E-state index in [0.29, 0.717) is 20.9 Å². The molecule has 3 aromatic rings. The van der Waals surface area contributed by atoms with E-state index >= 15 is 0 Å². The minimum Gasteiger partial charge on any atom is -0.298 e. The van der Waals surface area contributed by atoms with Gasteiger partial charge in [0.2, 0.25) is 0 Å². The molecule has 0 bridgehead atoms. The Labute approximate surface area is 145 Å². The van der Waals surface area contributed by atoms with Gasteiger partial charge in [-0.2, -0.15) is 0 Å². The monoisotopic (exact) mass is 410 g/mol. The van der Waals surface area contributed by atoms with Gasteiger partial charge in [0.15, 0.2) is 15.0 Å². The zero-order chi connectivity index (χ0) is 16.6. The van der Waals surface area contributed by atoms with Crippen molar-refractivity contribution in [2.75, 3.05) is 11.6 Å². The number of amides is 1. The van der Waals surface area contributed by atoms with E-state index in [2.05, 4.69) is 26.2 Å². The van der Waals surface area contributed by atoms with Crippen LogP contribution in [0.3, 0.4) is 0 Å². The summed E-state index contributed by atoms with van der Waals surface area (Å²) in [6.07, 6.45) is 1.16. The van der Waals surface area contributed by atoms with Gasteiger partial charge >= 0.3 is 0 Å². The van der Waals surface area contributed by atoms with Crippen molar-refractivity contribution in [3.8, 4) is 0 Å². The molecule has 1 amide bonds. The Morgan fingerprint density at radius 1 is 1.22 bits per heavy atom. The molecule has 118 valence electrons. The van der Waals surface area contributed by atoms with Crippen LogP contribution < -0.4 is 5.32 Å². The van der Waals surface area contributed by atoms with E-state index in [0.717, 1.165) is 10.7 Å². The number of nitrogens with one attached hydrogen (secondary N) is 1. The van der Waals surface area contributed by atoms with Gasteiger partial charge in [0.25, 0.3) is 5.91 Å². The van der Waals surface area contributed by atoms with Crippen molar-refractivity contribution in [1.29, 1.82) is 0 Å². The van der Waals surface area contributed by atoms with Crippen LogP contribution in [0.25, 0.3) is 10.2 Å². The molecule has 5 nitrogen and oxygen atoms in total. The van der Waals surface area contributed by atoms with Crippen LogP contribution in [0.2, 0.25) is 0 Å². The third-order valence-electron chi connectivity index (χ3n) is 3.10. The number of sulfone groups is 1. The number of halogens is 1. The van der Waals surface area contributed by atoms with Gasteiger partial charge in [-0.15, -0.1) is 0 Å². The fraction of sp³-hybridized carbons (Fsp3) is 0.0667. The smallest absolute Gasteiger partial charge is 0.257 e. The summed E-state index contributed by atoms with van der Waals surface area (Å²) in [6.45, 7) is 0. The number of carbonyl (C=O) groups is 1. The molecule has 1 aromatic heterocycles. The average Bonchev–Trinajstić information content (AvgIpc) is 2.87. The second kappa shape index (κ2) is 6.03. The van der Waals surface area contributed by atoms with E-state index in [9.17, 15) is 13.2 Å². The van der Waals surface area contributed by atoms with Crippen LogP contribution in [0, 0.1) is 0 Å². The molecule has 8 heteroatoms. The molecule has 1 heterocycles. The summed E-state index contributed by atoms with van der Waals surface area (Å²) < 4.78 is 24.7. The minimum absolute atomic E-state index is 0.235. The molecule has 0 aliphatic rings. The van der Waals surface area contributed by atoms with E-state index in [1.165, 1.54) is 17.4 Å². The molecule has 2 aromatic carbocycles. The normalized spacial score (nSPS) is 11.6. The summed E-state index contributed by atoms with van der Waals surface area (Å²) in [7, 11) is -3.27. The summed E-state index contributed by atoms with van der Waals surface area (Å²) in [4.78, 5) is 16.7. The first-order valence-electron chi connectivity index (χ1n) is 6.50. The number of rotatable bonds is 3. The molecule has 0 aliphatic heterocycles. The Kier molecular flexibility index (Phi) is 4.22. The maximum Gasteiger partial charge on any atom is 0.257 e. The fourth-order valence-electron chi connectivity index (χ4n) is 1.99. The van der Waals surface area contributed by atoms with Crippen LogP contribution >= 0.6 is 27.3 Å². The topological polar surface area (TPSA) is 76.1 Å². The average molecular weight is 411 g/mol. The van der Waals surface area contributed by atoms with Gasteiger partial charge in [0.1, 0.15) is 0 Å². The number of thiazole rings is 1. The molecule has 0 unspecified atom stereocenters. The lowest BCUT2D eigenvalue weighted by molar-refractivity contribution is 0.102. The third-order valence-corrected chi connectivity index (χ3v) is 5.63. The number of fused-ring (bicyclic) bond motifs is 1. The molecular weight excluding hydrogens is 400 g/mol. The highest BCUT2D eigenvalue weighted by molar-refractivity contribution is 9.10. The van der Waals surface area contributed by atoms with Crippen LogP contribution in [-0.2, 0) is 9.84 Å². The van der Waals surface area contributed by atoms with Gasteiger partial charge in [-0.3, -0.25) is 10.1 Å². The second-order valence-corrected chi connectivity index (χ2v) is 8.85. The zero-order valence-corrected chi connectivity index (χ0v) is 15.1. The van der Waals surface area contributed by atoms with Crippen molar-refractivity contribution in [3.05, 3.63) is 52.5 Å². The minimum atomic E-state index is -3.27. The number of hydrogen-bond acceptors (Lipinski definition) is 5. The number of anilines is 1. The molecular formula is C15H11BrN2O3S2. The van der Waals surface area contributed by atoms with Gasteiger partial charge in [-0.1, -0.05) is 33.3 Å². The van der Waals surface area contributed by atoms with Crippen LogP contribution in [0.1, 0.15) is 10.4 Å². The van der Waals surface area contributed by atoms with E-state index in [4.69, 9.17) is 0 Å². The second-order valence-electron chi connectivity index (χ2n) is 4.89. The molecule has 0 saturated heterocycles. The summed E-state index contributed by atoms with van der Waals surface area (Å²) in [5.74, 6) is -0.270. The highest BCUT2D eigenvalue weighted by Gasteiger charge is 2.13. The van der Waals surface area contributed by atoms with Gasteiger partial charge in [-0.05, 0) is 36.4 Å². The number of aromatic nitrogens is 1. The molecule has 23 heavy (non-hydrogen) atoms. The maximum atomic E-state index is 12.2. The fourth-order valence-corrected chi connectivity index (χ4v) is 4.01. The molecule has 0 fully saturated rings. The first kappa shape index (κ1) is 16.1. The van der Waals surface area contributed by atoms with E-state index < -0.39 is 9.84 Å². The van der Waals surface area contributed by atoms with Crippen molar-refractivity contribution in [3.63, 3.8) is 0 Å². The first-order chi connectivity index (χ1) is 10.8. The Bertz CT molecular complexity index is 1010. The van der Waals surface area contributed by atoms with Crippen LogP contribution in [-0.4, -0.2) is 25.6 Å². The van der Waals surface area contributed by atoms with Crippen molar-refractivity contribution >= 4 is 58.4 Å². The van der Waals surface area contributed by atoms with Crippen molar-refractivity contribution in [2.24, 2.45) is 0 Å². The van der Waals surface area contributed by atoms with Crippen molar-refractivity contribution in [2.45, 2.75) is 4.90 Å². The molecule has 0 saturated carbocycles. The van der Waals surface area contributed by atoms with Gasteiger partial charge in [0, 0.05) is 16.3 Å². The van der Waals surface area contributed by atoms with Crippen molar-refractivity contribution < 1.29 is 13.2 Å². The maximum absolute atomic E-state index is 12.2. The lowest BCUT2D eigenvalue weighted by Gasteiger charge is -2.01. The van der Waals surface area contributed by atoms with Crippen LogP contribution in [0.5, 0.6) is 0 Å². The number of hydrogen-bond donors (Lipinski definition) is 1. The molecule has 0 spiro atoms. The highest BCUT2D eigenvalue weighted by Crippen LogP contribution is 2.28. The largest absolute Gasteiger partial charge is 0.298 e. The lowest BCUT2D eigenvalue weighted by Crippen LogP contribution is -2.11. The van der Waals surface area contributed by atoms with E-state index in [1.54, 1.807) is 30.3 Å². The SMILES string of the molecule is CS(=O)(=O)c1ccc2nc(NC(=O)c3cccc(Br)c3)sc2c1. The van der Waals surface area contributed by atoms with E-state index in [-0.39, 0.29) is 10.8 Å². The standard InChI is InChI=1S/C15H11BrN2O3S2/c1-23(20,21)11-5-6-12-13(8-11)22-15(17-12)18-14(19)9-3-2-4-10(16)7-9/h2-8H,1H3,(H,17,18,19). The summed E-state index contributed by atoms with van der Waals surface area (Å²) in [5, 5.41) is 3.16. The quantitative estimate of drug-likeness (QED) is 0.713. The number of nitrogens with zero attached hydrogens (tertiary/aromatic N) is 1. The molecule has 0 aliphatic carbocycles. The molecule has 0 radical (unpaired) electrons. The third kappa shape index (κ3) is 3.60. The molecule has 3 rings (SSSR count). The Hall–Kier alpha value is -1.77. The number of carbonyl (C=O) groups excluding carboxylic acids is 1. The Balaban J connectivity index is 1.90. The van der Waals surface area contributed by atoms with Gasteiger partial charge < -0.3 is 0 Å². The predicted octanol–water partition coefficient (Wildman–Crippen LogP) is 3.71. The predicted molar refractivity (Wildman–Crippen MR) is 94.8 cm³/mol. The molecule has 1 N–H and O–H groups in total. The van der Waals surface area contributed by atoms with Gasteiger partial charge in [-0.25, -0.2) is 13.4 Å². The van der Waals surface area contributed by atoms with Gasteiger partial charge in [0.05, 0.1) is 15.1 Å². The van der Waals surface area contributed by atoms with Crippen LogP contribution in [0.4, 0.5) is 5.13 Å². The zero-order valence-electron chi connectivity index (χ0n) is 11.9. The summed E-state index contributed by atoms with van der Waals surface area (Å²) >= 11 is 4.56. The lowest BCUT2D eigenvalue weighted by atomic mass is 10.2. The van der Waals surface area contributed by atoms with Crippen molar-refractivity contribution in [1.82, 2.24) is 4.98 Å². The summed E-state index contributed by atoms with van der Waals surface area (Å²) in [6, 6.07) is 11.7. The van der Waals surface area contributed by atoms with E-state index in [1.807, 2.05) is 6.07 Å².